The highest BCUT2D eigenvalue weighted by Crippen LogP contribution is 2.33. The Morgan fingerprint density at radius 2 is 2.11 bits per heavy atom. The zero-order valence-corrected chi connectivity index (χ0v) is 10.5. The van der Waals surface area contributed by atoms with Crippen molar-refractivity contribution in [1.29, 1.82) is 0 Å². The molecule has 1 aliphatic rings. The Morgan fingerprint density at radius 1 is 1.44 bits per heavy atom. The van der Waals surface area contributed by atoms with Gasteiger partial charge in [-0.1, -0.05) is 6.42 Å². The van der Waals surface area contributed by atoms with Crippen LogP contribution in [0.2, 0.25) is 0 Å². The van der Waals surface area contributed by atoms with Crippen LogP contribution < -0.4 is 5.32 Å². The van der Waals surface area contributed by atoms with Crippen LogP contribution in [-0.4, -0.2) is 26.8 Å². The number of aromatic nitrogens is 2. The van der Waals surface area contributed by atoms with Gasteiger partial charge in [-0.25, -0.2) is 0 Å². The molecule has 1 saturated carbocycles. The zero-order valence-electron chi connectivity index (χ0n) is 10.5. The van der Waals surface area contributed by atoms with Gasteiger partial charge < -0.3 is 10.4 Å². The monoisotopic (exact) mass is 251 g/mol. The summed E-state index contributed by atoms with van der Waals surface area (Å²) in [6, 6.07) is 0. The number of carbonyl (C=O) groups excluding carboxylic acids is 1. The molecule has 1 amide bonds. The number of hydrogen-bond donors (Lipinski definition) is 2. The highest BCUT2D eigenvalue weighted by Gasteiger charge is 2.37. The molecule has 0 aliphatic heterocycles. The van der Waals surface area contributed by atoms with Gasteiger partial charge in [0.1, 0.15) is 0 Å². The van der Waals surface area contributed by atoms with E-state index in [2.05, 4.69) is 10.4 Å². The summed E-state index contributed by atoms with van der Waals surface area (Å²) < 4.78 is 1.62. The van der Waals surface area contributed by atoms with Gasteiger partial charge in [-0.3, -0.25) is 14.3 Å². The average molecular weight is 251 g/mol. The molecule has 0 radical (unpaired) electrons. The van der Waals surface area contributed by atoms with E-state index >= 15 is 0 Å². The third-order valence-corrected chi connectivity index (χ3v) is 3.44. The third kappa shape index (κ3) is 2.37. The number of nitrogens with one attached hydrogen (secondary N) is 1. The SMILES string of the molecule is Cc1nn(C)cc1NC(=O)C1CCCC1C(=O)O. The average Bonchev–Trinajstić information content (AvgIpc) is 2.86. The van der Waals surface area contributed by atoms with Crippen LogP contribution in [0.5, 0.6) is 0 Å². The molecule has 0 saturated heterocycles. The molecule has 0 bridgehead atoms. The molecular formula is C12H17N3O3. The molecule has 1 heterocycles. The minimum absolute atomic E-state index is 0.212. The smallest absolute Gasteiger partial charge is 0.307 e. The zero-order chi connectivity index (χ0) is 13.3. The van der Waals surface area contributed by atoms with Crippen molar-refractivity contribution in [3.63, 3.8) is 0 Å². The maximum Gasteiger partial charge on any atom is 0.307 e. The molecular weight excluding hydrogens is 234 g/mol. The van der Waals surface area contributed by atoms with E-state index in [1.165, 1.54) is 0 Å². The maximum absolute atomic E-state index is 12.1. The molecule has 6 nitrogen and oxygen atoms in total. The fourth-order valence-electron chi connectivity index (χ4n) is 2.52. The van der Waals surface area contributed by atoms with Crippen molar-refractivity contribution in [2.24, 2.45) is 18.9 Å². The molecule has 2 rings (SSSR count). The van der Waals surface area contributed by atoms with Crippen LogP contribution in [0.15, 0.2) is 6.20 Å². The quantitative estimate of drug-likeness (QED) is 0.844. The van der Waals surface area contributed by atoms with E-state index in [1.54, 1.807) is 24.9 Å². The normalized spacial score (nSPS) is 23.0. The fourth-order valence-corrected chi connectivity index (χ4v) is 2.52. The number of aryl methyl sites for hydroxylation is 2. The summed E-state index contributed by atoms with van der Waals surface area (Å²) in [7, 11) is 1.78. The Labute approximate surface area is 105 Å². The van der Waals surface area contributed by atoms with E-state index in [0.717, 1.165) is 12.1 Å². The van der Waals surface area contributed by atoms with Gasteiger partial charge in [-0.15, -0.1) is 0 Å². The molecule has 2 N–H and O–H groups in total. The van der Waals surface area contributed by atoms with Crippen LogP contribution in [-0.2, 0) is 16.6 Å². The number of carboxylic acids is 1. The summed E-state index contributed by atoms with van der Waals surface area (Å²) in [5.41, 5.74) is 1.38. The van der Waals surface area contributed by atoms with Crippen LogP contribution in [0.4, 0.5) is 5.69 Å². The first-order valence-electron chi connectivity index (χ1n) is 6.03. The molecule has 2 unspecified atom stereocenters. The van der Waals surface area contributed by atoms with Crippen molar-refractivity contribution < 1.29 is 14.7 Å². The third-order valence-electron chi connectivity index (χ3n) is 3.44. The summed E-state index contributed by atoms with van der Waals surface area (Å²) in [5, 5.41) is 16.0. The van der Waals surface area contributed by atoms with Gasteiger partial charge in [0.25, 0.3) is 0 Å². The van der Waals surface area contributed by atoms with Crippen LogP contribution in [0.1, 0.15) is 25.0 Å². The van der Waals surface area contributed by atoms with Gasteiger partial charge in [0.15, 0.2) is 0 Å². The fraction of sp³-hybridized carbons (Fsp3) is 0.583. The first kappa shape index (κ1) is 12.6. The van der Waals surface area contributed by atoms with E-state index in [1.807, 2.05) is 0 Å². The van der Waals surface area contributed by atoms with E-state index in [4.69, 9.17) is 5.11 Å². The highest BCUT2D eigenvalue weighted by atomic mass is 16.4. The lowest BCUT2D eigenvalue weighted by Gasteiger charge is -2.14. The molecule has 6 heteroatoms. The molecule has 18 heavy (non-hydrogen) atoms. The van der Waals surface area contributed by atoms with Crippen molar-refractivity contribution in [3.8, 4) is 0 Å². The van der Waals surface area contributed by atoms with Crippen LogP contribution >= 0.6 is 0 Å². The molecule has 1 fully saturated rings. The second kappa shape index (κ2) is 4.80. The first-order chi connectivity index (χ1) is 8.49. The van der Waals surface area contributed by atoms with Gasteiger partial charge in [0.2, 0.25) is 5.91 Å². The predicted molar refractivity (Wildman–Crippen MR) is 65.0 cm³/mol. The van der Waals surface area contributed by atoms with E-state index < -0.39 is 17.8 Å². The predicted octanol–water partition coefficient (Wildman–Crippen LogP) is 1.17. The summed E-state index contributed by atoms with van der Waals surface area (Å²) in [6.07, 6.45) is 3.74. The molecule has 1 aromatic rings. The molecule has 98 valence electrons. The van der Waals surface area contributed by atoms with Crippen LogP contribution in [0.3, 0.4) is 0 Å². The Hall–Kier alpha value is -1.85. The second-order valence-electron chi connectivity index (χ2n) is 4.77. The van der Waals surface area contributed by atoms with E-state index in [9.17, 15) is 9.59 Å². The molecule has 2 atom stereocenters. The van der Waals surface area contributed by atoms with Crippen molar-refractivity contribution in [1.82, 2.24) is 9.78 Å². The number of amides is 1. The topological polar surface area (TPSA) is 84.2 Å². The molecule has 0 aromatic carbocycles. The Morgan fingerprint density at radius 3 is 2.67 bits per heavy atom. The summed E-state index contributed by atoms with van der Waals surface area (Å²) in [5.74, 6) is -2.07. The summed E-state index contributed by atoms with van der Waals surface area (Å²) in [6.45, 7) is 1.80. The Balaban J connectivity index is 2.08. The standard InChI is InChI=1S/C12H17N3O3/c1-7-10(6-15(2)14-7)13-11(16)8-4-3-5-9(8)12(17)18/h6,8-9H,3-5H2,1-2H3,(H,13,16)(H,17,18). The summed E-state index contributed by atoms with van der Waals surface area (Å²) in [4.78, 5) is 23.1. The van der Waals surface area contributed by atoms with E-state index in [-0.39, 0.29) is 5.91 Å². The Kier molecular flexibility index (Phi) is 3.36. The second-order valence-corrected chi connectivity index (χ2v) is 4.77. The number of nitrogens with zero attached hydrogens (tertiary/aromatic N) is 2. The molecule has 1 aliphatic carbocycles. The van der Waals surface area contributed by atoms with Gasteiger partial charge in [-0.05, 0) is 19.8 Å². The highest BCUT2D eigenvalue weighted by molar-refractivity contribution is 5.95. The minimum Gasteiger partial charge on any atom is -0.481 e. The Bertz CT molecular complexity index is 481. The number of hydrogen-bond acceptors (Lipinski definition) is 3. The van der Waals surface area contributed by atoms with Gasteiger partial charge in [-0.2, -0.15) is 5.10 Å². The van der Waals surface area contributed by atoms with Gasteiger partial charge in [0.05, 0.1) is 23.2 Å². The largest absolute Gasteiger partial charge is 0.481 e. The van der Waals surface area contributed by atoms with E-state index in [0.29, 0.717) is 18.5 Å². The lowest BCUT2D eigenvalue weighted by molar-refractivity contribution is -0.145. The van der Waals surface area contributed by atoms with Crippen molar-refractivity contribution in [2.75, 3.05) is 5.32 Å². The van der Waals surface area contributed by atoms with Crippen molar-refractivity contribution >= 4 is 17.6 Å². The lowest BCUT2D eigenvalue weighted by atomic mass is 9.95. The first-order valence-corrected chi connectivity index (χ1v) is 6.03. The lowest BCUT2D eigenvalue weighted by Crippen LogP contribution is -2.30. The number of carboxylic acid groups (broad SMARTS) is 1. The van der Waals surface area contributed by atoms with Crippen LogP contribution in [0, 0.1) is 18.8 Å². The van der Waals surface area contributed by atoms with Crippen LogP contribution in [0.25, 0.3) is 0 Å². The van der Waals surface area contributed by atoms with Crippen molar-refractivity contribution in [3.05, 3.63) is 11.9 Å². The van der Waals surface area contributed by atoms with Gasteiger partial charge in [0, 0.05) is 13.2 Å². The van der Waals surface area contributed by atoms with Gasteiger partial charge >= 0.3 is 5.97 Å². The minimum atomic E-state index is -0.879. The maximum atomic E-state index is 12.1. The number of rotatable bonds is 3. The number of aliphatic carboxylic acids is 1. The molecule has 0 spiro atoms. The number of carbonyl (C=O) groups is 2. The molecule has 1 aromatic heterocycles. The number of anilines is 1. The van der Waals surface area contributed by atoms with Crippen molar-refractivity contribution in [2.45, 2.75) is 26.2 Å². The summed E-state index contributed by atoms with van der Waals surface area (Å²) >= 11 is 0.